The number of benzene rings is 6. The van der Waals surface area contributed by atoms with Gasteiger partial charge in [-0.3, -0.25) is 0 Å². The summed E-state index contributed by atoms with van der Waals surface area (Å²) in [5.74, 6) is -32.5. The van der Waals surface area contributed by atoms with E-state index < -0.39 is 125 Å². The molecule has 0 spiro atoms. The van der Waals surface area contributed by atoms with E-state index in [1.165, 1.54) is 0 Å². The molecule has 0 amide bonds. The number of rotatable bonds is 2. The standard InChI is InChI=1S/C40H8F14N6/c1-56-10-60-16-9-12(18-24(42)20-22(28(46)26(18)44)32(50)36(54)34(52)30(20)48)3-5-14(16)38-40(60)58-37-13-4-2-11(8-15(13)59(7-6-55)39(37)57-38)17-23(41)19-21(27(45)25(17)43)31(49)35(53)33(51)29(19)47/h2-5,7-10H/q+2/b59-7+,60-10?. The Morgan fingerprint density at radius 1 is 0.483 bits per heavy atom. The summed E-state index contributed by atoms with van der Waals surface area (Å²) >= 11 is 0. The molecular formula is C40H8F14N6+2. The zero-order valence-corrected chi connectivity index (χ0v) is 28.6. The third-order valence-electron chi connectivity index (χ3n) is 9.95. The second kappa shape index (κ2) is 12.9. The van der Waals surface area contributed by atoms with E-state index in [0.717, 1.165) is 58.1 Å². The van der Waals surface area contributed by atoms with E-state index in [9.17, 15) is 40.4 Å². The Kier molecular flexibility index (Phi) is 8.12. The maximum Gasteiger partial charge on any atom is 0.393 e. The van der Waals surface area contributed by atoms with E-state index in [4.69, 9.17) is 6.57 Å². The largest absolute Gasteiger partial charge is 0.393 e. The van der Waals surface area contributed by atoms with Gasteiger partial charge in [0.2, 0.25) is 5.69 Å². The summed E-state index contributed by atoms with van der Waals surface area (Å²) < 4.78 is 209. The van der Waals surface area contributed by atoms with Gasteiger partial charge in [0, 0.05) is 6.07 Å². The molecule has 0 bridgehead atoms. The molecule has 20 heteroatoms. The first kappa shape index (κ1) is 37.8. The van der Waals surface area contributed by atoms with Crippen LogP contribution in [0.4, 0.5) is 84.5 Å². The maximum atomic E-state index is 15.8. The van der Waals surface area contributed by atoms with Crippen molar-refractivity contribution < 1.29 is 61.5 Å². The average Bonchev–Trinajstić information content (AvgIpc) is 3.69. The Hall–Kier alpha value is -7.74. The highest BCUT2D eigenvalue weighted by Crippen LogP contribution is 2.52. The molecule has 0 aliphatic carbocycles. The molecule has 7 aromatic rings. The summed E-state index contributed by atoms with van der Waals surface area (Å²) in [6, 6.07) is 7.84. The van der Waals surface area contributed by atoms with Gasteiger partial charge in [0.1, 0.15) is 35.5 Å². The van der Waals surface area contributed by atoms with E-state index >= 15 is 26.3 Å². The molecule has 9 rings (SSSR count). The van der Waals surface area contributed by atoms with Crippen LogP contribution in [0.25, 0.3) is 71.2 Å². The van der Waals surface area contributed by atoms with E-state index in [-0.39, 0.29) is 45.5 Å². The summed E-state index contributed by atoms with van der Waals surface area (Å²) in [4.78, 5) is 12.3. The van der Waals surface area contributed by atoms with Crippen LogP contribution in [0.2, 0.25) is 0 Å². The van der Waals surface area contributed by atoms with Crippen molar-refractivity contribution in [3.05, 3.63) is 129 Å². The molecule has 0 N–H and O–H groups in total. The van der Waals surface area contributed by atoms with Crippen LogP contribution in [0.1, 0.15) is 0 Å². The molecular weight excluding hydrogens is 830 g/mol. The van der Waals surface area contributed by atoms with Crippen LogP contribution in [-0.2, 0) is 0 Å². The van der Waals surface area contributed by atoms with Gasteiger partial charge < -0.3 is 0 Å². The summed E-state index contributed by atoms with van der Waals surface area (Å²) in [5, 5.41) is 2.56. The smallest absolute Gasteiger partial charge is 0.205 e. The first-order valence-corrected chi connectivity index (χ1v) is 16.4. The zero-order valence-electron chi connectivity index (χ0n) is 28.6. The summed E-state index contributed by atoms with van der Waals surface area (Å²) in [7, 11) is 0. The fourth-order valence-electron chi connectivity index (χ4n) is 7.36. The molecule has 294 valence electrons. The highest BCUT2D eigenvalue weighted by molar-refractivity contribution is 6.02. The SMILES string of the molecule is [C-]#[N+]C=[N+]1c2cc(-c3c(F)c(F)c4c(F)c(F)c(F)c(F)c4c3F)ccc2-c2nc3c(nc21)-c1ccc(-c2c(F)c(F)c4c(F)c(F)c(F)c(F)c4c2F)cc1/[N+]3=C\C#N. The lowest BCUT2D eigenvalue weighted by Gasteiger charge is -2.13. The third-order valence-corrected chi connectivity index (χ3v) is 9.95. The monoisotopic (exact) mass is 838 g/mol. The van der Waals surface area contributed by atoms with Gasteiger partial charge in [-0.1, -0.05) is 12.1 Å². The lowest BCUT2D eigenvalue weighted by molar-refractivity contribution is 0.412. The van der Waals surface area contributed by atoms with Gasteiger partial charge in [0.05, 0.1) is 38.2 Å². The van der Waals surface area contributed by atoms with Crippen molar-refractivity contribution in [2.45, 2.75) is 0 Å². The minimum Gasteiger partial charge on any atom is -0.205 e. The summed E-state index contributed by atoms with van der Waals surface area (Å²) in [6.07, 6.45) is 1.67. The lowest BCUT2D eigenvalue weighted by Crippen LogP contribution is -2.07. The Labute approximate surface area is 322 Å². The predicted molar refractivity (Wildman–Crippen MR) is 185 cm³/mol. The molecule has 0 saturated carbocycles. The van der Waals surface area contributed by atoms with Crippen molar-refractivity contribution in [2.75, 3.05) is 0 Å². The van der Waals surface area contributed by atoms with Crippen molar-refractivity contribution in [1.29, 1.82) is 5.26 Å². The summed E-state index contributed by atoms with van der Waals surface area (Å²) in [5.41, 5.74) is -4.13. The molecule has 0 saturated heterocycles. The number of nitriles is 1. The van der Waals surface area contributed by atoms with E-state index in [0.29, 0.717) is 0 Å². The molecule has 3 heterocycles. The highest BCUT2D eigenvalue weighted by Gasteiger charge is 2.45. The predicted octanol–water partition coefficient (Wildman–Crippen LogP) is 11.2. The molecule has 60 heavy (non-hydrogen) atoms. The molecule has 6 nitrogen and oxygen atoms in total. The van der Waals surface area contributed by atoms with Gasteiger partial charge in [-0.2, -0.15) is 19.7 Å². The Balaban J connectivity index is 1.21. The van der Waals surface area contributed by atoms with Crippen molar-refractivity contribution in [3.63, 3.8) is 0 Å². The molecule has 2 aliphatic heterocycles. The van der Waals surface area contributed by atoms with Crippen LogP contribution in [0.5, 0.6) is 0 Å². The Morgan fingerprint density at radius 2 is 0.833 bits per heavy atom. The van der Waals surface area contributed by atoms with Gasteiger partial charge in [0.25, 0.3) is 5.69 Å². The zero-order chi connectivity index (χ0) is 43.0. The van der Waals surface area contributed by atoms with Gasteiger partial charge in [0.15, 0.2) is 81.7 Å². The van der Waals surface area contributed by atoms with E-state index in [2.05, 4.69) is 14.8 Å². The first-order valence-electron chi connectivity index (χ1n) is 16.4. The Morgan fingerprint density at radius 3 is 1.22 bits per heavy atom. The number of fused-ring (bicyclic) bond motifs is 8. The van der Waals surface area contributed by atoms with Crippen molar-refractivity contribution in [3.8, 4) is 50.8 Å². The van der Waals surface area contributed by atoms with E-state index in [1.807, 2.05) is 0 Å². The minimum absolute atomic E-state index is 0.0519. The molecule has 0 radical (unpaired) electrons. The van der Waals surface area contributed by atoms with Gasteiger partial charge in [-0.15, -0.1) is 4.58 Å². The maximum absolute atomic E-state index is 15.8. The molecule has 0 fully saturated rings. The fraction of sp³-hybridized carbons (Fsp3) is 0. The normalized spacial score (nSPS) is 13.9. The number of hydrogen-bond donors (Lipinski definition) is 0. The van der Waals surface area contributed by atoms with Crippen LogP contribution in [0, 0.1) is 99.3 Å². The van der Waals surface area contributed by atoms with Gasteiger partial charge in [-0.25, -0.2) is 61.5 Å². The number of nitrogens with zero attached hydrogens (tertiary/aromatic N) is 6. The molecule has 0 atom stereocenters. The van der Waals surface area contributed by atoms with Crippen LogP contribution in [-0.4, -0.2) is 22.5 Å². The van der Waals surface area contributed by atoms with Crippen molar-refractivity contribution >= 4 is 57.1 Å². The molecule has 0 unspecified atom stereocenters. The third kappa shape index (κ3) is 4.75. The van der Waals surface area contributed by atoms with Gasteiger partial charge >= 0.3 is 18.0 Å². The summed E-state index contributed by atoms with van der Waals surface area (Å²) in [6.45, 7) is 7.49. The van der Waals surface area contributed by atoms with Crippen LogP contribution in [0.3, 0.4) is 0 Å². The van der Waals surface area contributed by atoms with Crippen LogP contribution in [0.15, 0.2) is 36.4 Å². The number of aromatic nitrogens is 2. The topological polar surface area (TPSA) is 60.0 Å². The molecule has 2 aliphatic rings. The lowest BCUT2D eigenvalue weighted by atomic mass is 9.96. The van der Waals surface area contributed by atoms with Crippen molar-refractivity contribution in [1.82, 2.24) is 19.1 Å². The minimum atomic E-state index is -2.51. The van der Waals surface area contributed by atoms with Gasteiger partial charge in [-0.05, 0) is 34.3 Å². The fourth-order valence-corrected chi connectivity index (χ4v) is 7.36. The highest BCUT2D eigenvalue weighted by atomic mass is 19.2. The number of hydrogen-bond acceptors (Lipinski definition) is 3. The molecule has 1 aromatic heterocycles. The van der Waals surface area contributed by atoms with Crippen LogP contribution >= 0.6 is 0 Å². The Bertz CT molecular complexity index is 3180. The first-order chi connectivity index (χ1) is 28.5. The van der Waals surface area contributed by atoms with Crippen molar-refractivity contribution in [2.24, 2.45) is 0 Å². The quantitative estimate of drug-likeness (QED) is 0.0435. The average molecular weight is 839 g/mol. The van der Waals surface area contributed by atoms with Crippen LogP contribution < -0.4 is 9.15 Å². The second-order valence-corrected chi connectivity index (χ2v) is 12.9. The second-order valence-electron chi connectivity index (χ2n) is 12.9. The van der Waals surface area contributed by atoms with E-state index in [1.54, 1.807) is 6.07 Å². The molecule has 6 aromatic carbocycles. The number of halogens is 14.